The fourth-order valence-corrected chi connectivity index (χ4v) is 2.19. The molecule has 0 spiro atoms. The van der Waals surface area contributed by atoms with Crippen LogP contribution in [0.4, 0.5) is 5.82 Å². The van der Waals surface area contributed by atoms with Crippen LogP contribution in [0.25, 0.3) is 0 Å². The Balaban J connectivity index is 2.08. The van der Waals surface area contributed by atoms with Gasteiger partial charge in [0.05, 0.1) is 12.1 Å². The molecular weight excluding hydrogens is 274 g/mol. The summed E-state index contributed by atoms with van der Waals surface area (Å²) in [6.45, 7) is 4.63. The minimum Gasteiger partial charge on any atom is -0.495 e. The summed E-state index contributed by atoms with van der Waals surface area (Å²) < 4.78 is 5.14. The van der Waals surface area contributed by atoms with Crippen LogP contribution in [-0.2, 0) is 13.0 Å². The second-order valence-corrected chi connectivity index (χ2v) is 4.87. The van der Waals surface area contributed by atoms with Gasteiger partial charge in [0.15, 0.2) is 0 Å². The Hall–Kier alpha value is -1.81. The third-order valence-corrected chi connectivity index (χ3v) is 3.24. The van der Waals surface area contributed by atoms with Crippen molar-refractivity contribution in [2.24, 2.45) is 0 Å². The Bertz CT molecular complexity index is 602. The van der Waals surface area contributed by atoms with Crippen LogP contribution in [-0.4, -0.2) is 17.1 Å². The molecule has 0 aliphatic heterocycles. The first kappa shape index (κ1) is 14.6. The molecule has 0 saturated carbocycles. The molecule has 1 aromatic carbocycles. The first-order valence-corrected chi connectivity index (χ1v) is 6.91. The summed E-state index contributed by atoms with van der Waals surface area (Å²) >= 11 is 6.11. The van der Waals surface area contributed by atoms with E-state index in [1.807, 2.05) is 31.2 Å². The maximum atomic E-state index is 6.11. The fraction of sp³-hybridized carbons (Fsp3) is 0.333. The lowest BCUT2D eigenvalue weighted by Crippen LogP contribution is -2.05. The number of aromatic nitrogens is 2. The van der Waals surface area contributed by atoms with Gasteiger partial charge in [-0.05, 0) is 31.0 Å². The molecule has 0 fully saturated rings. The summed E-state index contributed by atoms with van der Waals surface area (Å²) in [6.07, 6.45) is 0.895. The van der Waals surface area contributed by atoms with E-state index in [1.54, 1.807) is 7.11 Å². The van der Waals surface area contributed by atoms with E-state index in [9.17, 15) is 0 Å². The Morgan fingerprint density at radius 3 is 2.70 bits per heavy atom. The lowest BCUT2D eigenvalue weighted by Gasteiger charge is -2.09. The van der Waals surface area contributed by atoms with Gasteiger partial charge in [0.2, 0.25) is 0 Å². The molecule has 0 bridgehead atoms. The van der Waals surface area contributed by atoms with Crippen LogP contribution in [0, 0.1) is 6.92 Å². The van der Waals surface area contributed by atoms with Gasteiger partial charge in [0, 0.05) is 18.3 Å². The van der Waals surface area contributed by atoms with Crippen molar-refractivity contribution in [3.8, 4) is 5.75 Å². The molecule has 0 radical (unpaired) electrons. The third-order valence-electron chi connectivity index (χ3n) is 2.94. The van der Waals surface area contributed by atoms with Crippen molar-refractivity contribution in [2.45, 2.75) is 26.8 Å². The number of benzene rings is 1. The average molecular weight is 292 g/mol. The predicted molar refractivity (Wildman–Crippen MR) is 81.5 cm³/mol. The smallest absolute Gasteiger partial charge is 0.137 e. The molecule has 20 heavy (non-hydrogen) atoms. The lowest BCUT2D eigenvalue weighted by molar-refractivity contribution is 0.415. The predicted octanol–water partition coefficient (Wildman–Crippen LogP) is 3.62. The summed E-state index contributed by atoms with van der Waals surface area (Å²) in [5.41, 5.74) is 2.11. The molecule has 0 aliphatic carbocycles. The van der Waals surface area contributed by atoms with Crippen LogP contribution in [0.2, 0.25) is 5.02 Å². The first-order chi connectivity index (χ1) is 9.62. The van der Waals surface area contributed by atoms with Crippen LogP contribution >= 0.6 is 11.6 Å². The van der Waals surface area contributed by atoms with Crippen molar-refractivity contribution in [1.29, 1.82) is 0 Å². The molecule has 5 heteroatoms. The highest BCUT2D eigenvalue weighted by Crippen LogP contribution is 2.25. The maximum Gasteiger partial charge on any atom is 0.137 e. The van der Waals surface area contributed by atoms with Crippen molar-refractivity contribution in [3.05, 3.63) is 46.4 Å². The first-order valence-electron chi connectivity index (χ1n) is 6.53. The molecule has 1 heterocycles. The van der Waals surface area contributed by atoms with Crippen LogP contribution in [0.1, 0.15) is 24.0 Å². The molecule has 1 aromatic heterocycles. The zero-order valence-corrected chi connectivity index (χ0v) is 12.7. The van der Waals surface area contributed by atoms with E-state index in [-0.39, 0.29) is 0 Å². The van der Waals surface area contributed by atoms with E-state index in [1.165, 1.54) is 0 Å². The molecule has 0 unspecified atom stereocenters. The van der Waals surface area contributed by atoms with Crippen molar-refractivity contribution in [2.75, 3.05) is 12.4 Å². The largest absolute Gasteiger partial charge is 0.495 e. The zero-order valence-electron chi connectivity index (χ0n) is 11.9. The average Bonchev–Trinajstić information content (AvgIpc) is 2.44. The second kappa shape index (κ2) is 6.57. The van der Waals surface area contributed by atoms with E-state index in [0.717, 1.165) is 29.3 Å². The number of hydrogen-bond acceptors (Lipinski definition) is 4. The third kappa shape index (κ3) is 3.61. The minimum atomic E-state index is 0.611. The minimum absolute atomic E-state index is 0.611. The Morgan fingerprint density at radius 2 is 2.05 bits per heavy atom. The van der Waals surface area contributed by atoms with Crippen LogP contribution in [0.3, 0.4) is 0 Å². The molecule has 2 aromatic rings. The topological polar surface area (TPSA) is 47.0 Å². The molecule has 106 valence electrons. The molecule has 0 saturated heterocycles. The number of hydrogen-bond donors (Lipinski definition) is 1. The number of nitrogens with zero attached hydrogens (tertiary/aromatic N) is 2. The molecule has 2 rings (SSSR count). The van der Waals surface area contributed by atoms with Gasteiger partial charge in [-0.1, -0.05) is 24.6 Å². The summed E-state index contributed by atoms with van der Waals surface area (Å²) in [5.74, 6) is 2.29. The van der Waals surface area contributed by atoms with Gasteiger partial charge >= 0.3 is 0 Å². The summed E-state index contributed by atoms with van der Waals surface area (Å²) in [7, 11) is 1.61. The lowest BCUT2D eigenvalue weighted by atomic mass is 10.2. The highest BCUT2D eigenvalue weighted by atomic mass is 35.5. The monoisotopic (exact) mass is 291 g/mol. The van der Waals surface area contributed by atoms with Gasteiger partial charge in [0.1, 0.15) is 17.4 Å². The van der Waals surface area contributed by atoms with Gasteiger partial charge in [-0.3, -0.25) is 0 Å². The van der Waals surface area contributed by atoms with Crippen LogP contribution in [0.5, 0.6) is 5.75 Å². The Kier molecular flexibility index (Phi) is 4.79. The van der Waals surface area contributed by atoms with Crippen molar-refractivity contribution in [1.82, 2.24) is 9.97 Å². The van der Waals surface area contributed by atoms with E-state index < -0.39 is 0 Å². The summed E-state index contributed by atoms with van der Waals surface area (Å²) in [6, 6.07) is 7.70. The molecule has 0 atom stereocenters. The number of rotatable bonds is 5. The summed E-state index contributed by atoms with van der Waals surface area (Å²) in [5, 5.41) is 3.90. The number of methoxy groups -OCH3 is 1. The second-order valence-electron chi connectivity index (χ2n) is 4.47. The quantitative estimate of drug-likeness (QED) is 0.914. The maximum absolute atomic E-state index is 6.11. The van der Waals surface area contributed by atoms with Gasteiger partial charge in [0.25, 0.3) is 0 Å². The number of aryl methyl sites for hydroxylation is 2. The van der Waals surface area contributed by atoms with Crippen molar-refractivity contribution >= 4 is 17.4 Å². The van der Waals surface area contributed by atoms with E-state index in [2.05, 4.69) is 22.2 Å². The number of halogens is 1. The standard InChI is InChI=1S/C15H18ClN3O/c1-4-12-8-15(19-10(2)18-12)17-9-11-5-6-14(20-3)13(16)7-11/h5-8H,4,9H2,1-3H3,(H,17,18,19). The van der Waals surface area contributed by atoms with Gasteiger partial charge < -0.3 is 10.1 Å². The SMILES string of the molecule is CCc1cc(NCc2ccc(OC)c(Cl)c2)nc(C)n1. The fourth-order valence-electron chi connectivity index (χ4n) is 1.91. The van der Waals surface area contributed by atoms with Crippen molar-refractivity contribution < 1.29 is 4.74 Å². The van der Waals surface area contributed by atoms with Crippen LogP contribution in [0.15, 0.2) is 24.3 Å². The highest BCUT2D eigenvalue weighted by molar-refractivity contribution is 6.32. The highest BCUT2D eigenvalue weighted by Gasteiger charge is 2.03. The zero-order chi connectivity index (χ0) is 14.5. The Labute approximate surface area is 124 Å². The van der Waals surface area contributed by atoms with Crippen LogP contribution < -0.4 is 10.1 Å². The molecular formula is C15H18ClN3O. The van der Waals surface area contributed by atoms with Gasteiger partial charge in [-0.25, -0.2) is 9.97 Å². The Morgan fingerprint density at radius 1 is 1.25 bits per heavy atom. The normalized spacial score (nSPS) is 10.4. The van der Waals surface area contributed by atoms with E-state index in [4.69, 9.17) is 16.3 Å². The number of ether oxygens (including phenoxy) is 1. The van der Waals surface area contributed by atoms with E-state index >= 15 is 0 Å². The molecule has 0 aliphatic rings. The number of anilines is 1. The number of nitrogens with one attached hydrogen (secondary N) is 1. The molecule has 0 amide bonds. The van der Waals surface area contributed by atoms with Gasteiger partial charge in [-0.2, -0.15) is 0 Å². The summed E-state index contributed by atoms with van der Waals surface area (Å²) in [4.78, 5) is 8.73. The molecule has 4 nitrogen and oxygen atoms in total. The van der Waals surface area contributed by atoms with E-state index in [0.29, 0.717) is 17.3 Å². The van der Waals surface area contributed by atoms with Gasteiger partial charge in [-0.15, -0.1) is 0 Å². The molecule has 1 N–H and O–H groups in total. The van der Waals surface area contributed by atoms with Crippen molar-refractivity contribution in [3.63, 3.8) is 0 Å².